The maximum atomic E-state index is 12.0. The Kier molecular flexibility index (Phi) is 7.30. The number of nitrogens with one attached hydrogen (secondary N) is 1. The van der Waals surface area contributed by atoms with Gasteiger partial charge in [0.2, 0.25) is 0 Å². The minimum atomic E-state index is -0.0118. The third-order valence-corrected chi connectivity index (χ3v) is 3.20. The van der Waals surface area contributed by atoms with E-state index in [9.17, 15) is 4.79 Å². The smallest absolute Gasteiger partial charge is 0.268 e. The number of hydrogen-bond acceptors (Lipinski definition) is 4. The predicted molar refractivity (Wildman–Crippen MR) is 84.4 cm³/mol. The summed E-state index contributed by atoms with van der Waals surface area (Å²) in [6.07, 6.45) is 4.87. The molecule has 0 aliphatic heterocycles. The summed E-state index contributed by atoms with van der Waals surface area (Å²) in [4.78, 5) is 14.0. The molecule has 1 aromatic heterocycles. The summed E-state index contributed by atoms with van der Waals surface area (Å²) in [6, 6.07) is 2.19. The molecule has 1 rings (SSSR count). The van der Waals surface area contributed by atoms with Crippen molar-refractivity contribution in [2.24, 2.45) is 0 Å². The largest absolute Gasteiger partial charge is 0.373 e. The molecule has 114 valence electrons. The van der Waals surface area contributed by atoms with E-state index in [4.69, 9.17) is 0 Å². The maximum Gasteiger partial charge on any atom is 0.268 e. The average Bonchev–Trinajstić information content (AvgIpc) is 2.39. The number of nitrogens with zero attached hydrogens (tertiary/aromatic N) is 3. The first kappa shape index (κ1) is 16.7. The summed E-state index contributed by atoms with van der Waals surface area (Å²) in [5.41, 5.74) is 0.886. The Balaban J connectivity index is 2.46. The molecule has 0 saturated heterocycles. The van der Waals surface area contributed by atoms with Gasteiger partial charge in [-0.15, -0.1) is 0 Å². The van der Waals surface area contributed by atoms with E-state index >= 15 is 0 Å². The second-order valence-corrected chi connectivity index (χ2v) is 5.51. The minimum absolute atomic E-state index is 0.0118. The van der Waals surface area contributed by atoms with Crippen molar-refractivity contribution >= 4 is 5.69 Å². The van der Waals surface area contributed by atoms with Crippen molar-refractivity contribution < 1.29 is 0 Å². The predicted octanol–water partition coefficient (Wildman–Crippen LogP) is 1.87. The van der Waals surface area contributed by atoms with Crippen LogP contribution in [0.3, 0.4) is 0 Å². The highest BCUT2D eigenvalue weighted by Crippen LogP contribution is 2.07. The van der Waals surface area contributed by atoms with Crippen LogP contribution in [0.2, 0.25) is 0 Å². The summed E-state index contributed by atoms with van der Waals surface area (Å²) in [5, 5.41) is 7.63. The van der Waals surface area contributed by atoms with Gasteiger partial charge in [-0.1, -0.05) is 20.8 Å². The third kappa shape index (κ3) is 5.74. The molecule has 1 heterocycles. The minimum Gasteiger partial charge on any atom is -0.373 e. The van der Waals surface area contributed by atoms with Crippen LogP contribution in [-0.2, 0) is 6.54 Å². The lowest BCUT2D eigenvalue weighted by Gasteiger charge is -2.17. The Morgan fingerprint density at radius 2 is 2.15 bits per heavy atom. The molecule has 1 aromatic rings. The van der Waals surface area contributed by atoms with E-state index in [1.165, 1.54) is 0 Å². The van der Waals surface area contributed by atoms with Crippen molar-refractivity contribution in [2.75, 3.05) is 25.0 Å². The first-order valence-corrected chi connectivity index (χ1v) is 7.56. The van der Waals surface area contributed by atoms with Gasteiger partial charge in [-0.25, -0.2) is 4.68 Å². The maximum absolute atomic E-state index is 12.0. The van der Waals surface area contributed by atoms with E-state index in [-0.39, 0.29) is 5.56 Å². The topological polar surface area (TPSA) is 50.2 Å². The summed E-state index contributed by atoms with van der Waals surface area (Å²) in [7, 11) is 1.99. The van der Waals surface area contributed by atoms with E-state index < -0.39 is 0 Å². The molecule has 0 unspecified atom stereocenters. The fourth-order valence-corrected chi connectivity index (χ4v) is 2.04. The van der Waals surface area contributed by atoms with Crippen molar-refractivity contribution in [1.82, 2.24) is 15.1 Å². The molecule has 0 atom stereocenters. The molecule has 0 aliphatic rings. The molecule has 0 aromatic carbocycles. The Morgan fingerprint density at radius 1 is 1.40 bits per heavy atom. The van der Waals surface area contributed by atoms with Gasteiger partial charge in [0.05, 0.1) is 11.9 Å². The van der Waals surface area contributed by atoms with Crippen LogP contribution in [0.5, 0.6) is 0 Å². The molecule has 0 aliphatic carbocycles. The SMILES string of the molecule is CCCN(C)c1cnn(CCCCNC(C)C)c(=O)c1. The van der Waals surface area contributed by atoms with Crippen LogP contribution in [0.25, 0.3) is 0 Å². The molecule has 0 bridgehead atoms. The van der Waals surface area contributed by atoms with Crippen molar-refractivity contribution in [3.8, 4) is 0 Å². The summed E-state index contributed by atoms with van der Waals surface area (Å²) >= 11 is 0. The number of rotatable bonds is 9. The fraction of sp³-hybridized carbons (Fsp3) is 0.733. The molecular weight excluding hydrogens is 252 g/mol. The summed E-state index contributed by atoms with van der Waals surface area (Å²) in [5.74, 6) is 0. The van der Waals surface area contributed by atoms with Crippen LogP contribution in [0.15, 0.2) is 17.1 Å². The van der Waals surface area contributed by atoms with Crippen LogP contribution < -0.4 is 15.8 Å². The van der Waals surface area contributed by atoms with E-state index in [2.05, 4.69) is 36.1 Å². The lowest BCUT2D eigenvalue weighted by Crippen LogP contribution is -2.27. The second-order valence-electron chi connectivity index (χ2n) is 5.51. The van der Waals surface area contributed by atoms with Gasteiger partial charge in [-0.2, -0.15) is 5.10 Å². The standard InChI is InChI=1S/C15H28N4O/c1-5-9-18(4)14-11-15(20)19(17-12-14)10-7-6-8-16-13(2)3/h11-13,16H,5-10H2,1-4H3. The Bertz CT molecular complexity index is 442. The second kappa shape index (κ2) is 8.74. The number of hydrogen-bond donors (Lipinski definition) is 1. The monoisotopic (exact) mass is 280 g/mol. The van der Waals surface area contributed by atoms with Crippen LogP contribution >= 0.6 is 0 Å². The highest BCUT2D eigenvalue weighted by atomic mass is 16.1. The Labute approximate surface area is 122 Å². The molecule has 0 saturated carbocycles. The zero-order valence-electron chi connectivity index (χ0n) is 13.2. The Morgan fingerprint density at radius 3 is 2.75 bits per heavy atom. The highest BCUT2D eigenvalue weighted by molar-refractivity contribution is 5.41. The van der Waals surface area contributed by atoms with Crippen LogP contribution in [0, 0.1) is 0 Å². The Hall–Kier alpha value is -1.36. The molecule has 0 fully saturated rings. The summed E-state index contributed by atoms with van der Waals surface area (Å²) in [6.45, 7) is 9.01. The molecule has 0 spiro atoms. The van der Waals surface area contributed by atoms with Gasteiger partial charge in [0, 0.05) is 32.2 Å². The van der Waals surface area contributed by atoms with Crippen molar-refractivity contribution in [3.63, 3.8) is 0 Å². The zero-order valence-corrected chi connectivity index (χ0v) is 13.2. The quantitative estimate of drug-likeness (QED) is 0.702. The highest BCUT2D eigenvalue weighted by Gasteiger charge is 2.04. The number of aryl methyl sites for hydroxylation is 1. The summed E-state index contributed by atoms with van der Waals surface area (Å²) < 4.78 is 1.55. The van der Waals surface area contributed by atoms with Gasteiger partial charge in [-0.3, -0.25) is 4.79 Å². The lowest BCUT2D eigenvalue weighted by atomic mass is 10.3. The van der Waals surface area contributed by atoms with E-state index in [0.29, 0.717) is 12.6 Å². The third-order valence-electron chi connectivity index (χ3n) is 3.20. The molecular formula is C15H28N4O. The molecule has 5 heteroatoms. The average molecular weight is 280 g/mol. The number of anilines is 1. The van der Waals surface area contributed by atoms with E-state index in [1.54, 1.807) is 16.9 Å². The number of unbranched alkanes of at least 4 members (excludes halogenated alkanes) is 1. The van der Waals surface area contributed by atoms with Crippen molar-refractivity contribution in [3.05, 3.63) is 22.6 Å². The first-order valence-electron chi connectivity index (χ1n) is 7.56. The van der Waals surface area contributed by atoms with Gasteiger partial charge in [-0.05, 0) is 25.8 Å². The van der Waals surface area contributed by atoms with Crippen LogP contribution in [0.1, 0.15) is 40.0 Å². The van der Waals surface area contributed by atoms with Gasteiger partial charge in [0.25, 0.3) is 5.56 Å². The van der Waals surface area contributed by atoms with Crippen LogP contribution in [-0.4, -0.2) is 36.0 Å². The van der Waals surface area contributed by atoms with E-state index in [0.717, 1.165) is 38.0 Å². The molecule has 0 amide bonds. The van der Waals surface area contributed by atoms with Crippen molar-refractivity contribution in [1.29, 1.82) is 0 Å². The normalized spacial score (nSPS) is 11.1. The van der Waals surface area contributed by atoms with Gasteiger partial charge < -0.3 is 10.2 Å². The first-order chi connectivity index (χ1) is 9.54. The lowest BCUT2D eigenvalue weighted by molar-refractivity contribution is 0.499. The van der Waals surface area contributed by atoms with Crippen molar-refractivity contribution in [2.45, 2.75) is 52.6 Å². The fourth-order valence-electron chi connectivity index (χ4n) is 2.04. The molecule has 5 nitrogen and oxygen atoms in total. The van der Waals surface area contributed by atoms with Gasteiger partial charge in [0.15, 0.2) is 0 Å². The van der Waals surface area contributed by atoms with Gasteiger partial charge >= 0.3 is 0 Å². The van der Waals surface area contributed by atoms with Gasteiger partial charge in [0.1, 0.15) is 0 Å². The number of aromatic nitrogens is 2. The molecule has 20 heavy (non-hydrogen) atoms. The molecule has 0 radical (unpaired) electrons. The zero-order chi connectivity index (χ0) is 15.0. The van der Waals surface area contributed by atoms with E-state index in [1.807, 2.05) is 7.05 Å². The molecule has 1 N–H and O–H groups in total. The van der Waals surface area contributed by atoms with Crippen LogP contribution in [0.4, 0.5) is 5.69 Å².